The van der Waals surface area contributed by atoms with Gasteiger partial charge in [0, 0.05) is 39.5 Å². The van der Waals surface area contributed by atoms with E-state index in [2.05, 4.69) is 31.7 Å². The van der Waals surface area contributed by atoms with Gasteiger partial charge in [0.1, 0.15) is 5.69 Å². The molecule has 5 heterocycles. The normalized spacial score (nSPS) is 11.9. The van der Waals surface area contributed by atoms with Gasteiger partial charge in [-0.1, -0.05) is 18.7 Å². The molecular weight excluding hydrogens is 423 g/mol. The molecule has 0 aliphatic heterocycles. The molecule has 5 aromatic rings. The lowest BCUT2D eigenvalue weighted by molar-refractivity contribution is 0.657. The lowest BCUT2D eigenvalue weighted by Crippen LogP contribution is -1.89. The number of rotatable bonds is 5. The summed E-state index contributed by atoms with van der Waals surface area (Å²) in [5.41, 5.74) is 6.70. The fraction of sp³-hybridized carbons (Fsp3) is 0.0833. The van der Waals surface area contributed by atoms with Crippen LogP contribution in [0.1, 0.15) is 21.8 Å². The first-order valence-corrected chi connectivity index (χ1v) is 10.8. The Kier molecular flexibility index (Phi) is 4.99. The molecule has 0 saturated heterocycles. The zero-order chi connectivity index (χ0) is 22.2. The van der Waals surface area contributed by atoms with E-state index in [-0.39, 0.29) is 5.13 Å². The van der Waals surface area contributed by atoms with E-state index in [1.165, 1.54) is 6.07 Å². The van der Waals surface area contributed by atoms with Crippen LogP contribution in [0.2, 0.25) is 0 Å². The summed E-state index contributed by atoms with van der Waals surface area (Å²) in [5.74, 6) is 0.621. The number of thiophene rings is 1. The molecule has 6 nitrogen and oxygen atoms in total. The van der Waals surface area contributed by atoms with E-state index in [9.17, 15) is 4.39 Å². The molecule has 0 aliphatic carbocycles. The van der Waals surface area contributed by atoms with Gasteiger partial charge in [0.05, 0.1) is 23.1 Å². The summed E-state index contributed by atoms with van der Waals surface area (Å²) in [4.78, 5) is 17.8. The second-order valence-electron chi connectivity index (χ2n) is 7.42. The highest BCUT2D eigenvalue weighted by Crippen LogP contribution is 2.33. The first kappa shape index (κ1) is 20.0. The van der Waals surface area contributed by atoms with Crippen molar-refractivity contribution in [2.45, 2.75) is 13.8 Å². The van der Waals surface area contributed by atoms with Crippen molar-refractivity contribution in [3.63, 3.8) is 0 Å². The second kappa shape index (κ2) is 7.97. The maximum absolute atomic E-state index is 13.7. The van der Waals surface area contributed by atoms with Crippen molar-refractivity contribution in [3.8, 4) is 22.8 Å². The molecule has 0 spiro atoms. The van der Waals surface area contributed by atoms with E-state index in [0.717, 1.165) is 60.9 Å². The highest BCUT2D eigenvalue weighted by Gasteiger charge is 2.19. The van der Waals surface area contributed by atoms with Crippen molar-refractivity contribution in [3.05, 3.63) is 88.5 Å². The number of imidazole rings is 1. The van der Waals surface area contributed by atoms with Crippen LogP contribution < -0.4 is 0 Å². The van der Waals surface area contributed by atoms with E-state index in [4.69, 9.17) is 4.98 Å². The number of aryl methyl sites for hydroxylation is 2. The minimum absolute atomic E-state index is 0.243. The molecule has 0 amide bonds. The molecule has 0 atom stereocenters. The molecular formula is C24H19FN6S. The highest BCUT2D eigenvalue weighted by atomic mass is 32.1. The molecule has 32 heavy (non-hydrogen) atoms. The molecule has 0 saturated carbocycles. The summed E-state index contributed by atoms with van der Waals surface area (Å²) in [6, 6.07) is 7.23. The molecule has 0 aliphatic rings. The van der Waals surface area contributed by atoms with Crippen molar-refractivity contribution in [2.24, 2.45) is 0 Å². The van der Waals surface area contributed by atoms with Crippen molar-refractivity contribution in [2.75, 3.05) is 0 Å². The van der Waals surface area contributed by atoms with Crippen LogP contribution in [-0.4, -0.2) is 30.1 Å². The van der Waals surface area contributed by atoms with Crippen molar-refractivity contribution in [1.82, 2.24) is 30.1 Å². The number of halogens is 1. The molecule has 5 aromatic heterocycles. The lowest BCUT2D eigenvalue weighted by Gasteiger charge is -2.02. The number of nitrogens with zero attached hydrogens (tertiary/aromatic N) is 4. The maximum Gasteiger partial charge on any atom is 0.176 e. The minimum atomic E-state index is -0.243. The molecule has 0 bridgehead atoms. The van der Waals surface area contributed by atoms with Crippen LogP contribution in [0.5, 0.6) is 0 Å². The standard InChI is InChI=1S/C24H19FN6S/c1-4-5-16(20-6-7-21(25)32-20)22-14(3)28-24(29-22)23-17-9-18(27-12-19(17)30-31-23)15-8-13(2)10-26-11-15/h4-12H,1H2,2-3H3,(H,28,29)(H,30,31)/b16-5-. The van der Waals surface area contributed by atoms with Crippen LogP contribution in [-0.2, 0) is 0 Å². The van der Waals surface area contributed by atoms with Gasteiger partial charge in [-0.3, -0.25) is 15.1 Å². The molecule has 5 rings (SSSR count). The highest BCUT2D eigenvalue weighted by molar-refractivity contribution is 7.11. The number of H-pyrrole nitrogens is 2. The van der Waals surface area contributed by atoms with E-state index < -0.39 is 0 Å². The second-order valence-corrected chi connectivity index (χ2v) is 8.45. The molecule has 158 valence electrons. The Balaban J connectivity index is 1.61. The van der Waals surface area contributed by atoms with Crippen LogP contribution in [0.3, 0.4) is 0 Å². The molecule has 0 radical (unpaired) electrons. The zero-order valence-electron chi connectivity index (χ0n) is 17.5. The first-order valence-electron chi connectivity index (χ1n) is 9.95. The van der Waals surface area contributed by atoms with Gasteiger partial charge >= 0.3 is 0 Å². The average Bonchev–Trinajstić information content (AvgIpc) is 3.50. The van der Waals surface area contributed by atoms with E-state index >= 15 is 0 Å². The number of aromatic nitrogens is 6. The average molecular weight is 443 g/mol. The van der Waals surface area contributed by atoms with Gasteiger partial charge in [-0.15, -0.1) is 11.3 Å². The SMILES string of the molecule is C=C/C=C(/c1ccc(F)s1)c1nc(-c2n[nH]c3cnc(-c4cncc(C)c4)cc23)[nH]c1C. The third-order valence-corrected chi connectivity index (χ3v) is 6.01. The fourth-order valence-corrected chi connectivity index (χ4v) is 4.40. The number of hydrogen-bond acceptors (Lipinski definition) is 5. The smallest absolute Gasteiger partial charge is 0.176 e. The van der Waals surface area contributed by atoms with Crippen LogP contribution in [0.4, 0.5) is 4.39 Å². The third kappa shape index (κ3) is 3.54. The van der Waals surface area contributed by atoms with Gasteiger partial charge < -0.3 is 4.98 Å². The van der Waals surface area contributed by atoms with Gasteiger partial charge in [0.15, 0.2) is 11.0 Å². The number of pyridine rings is 2. The van der Waals surface area contributed by atoms with Gasteiger partial charge in [0.25, 0.3) is 0 Å². The Bertz CT molecular complexity index is 1490. The summed E-state index contributed by atoms with van der Waals surface area (Å²) in [6.07, 6.45) is 8.89. The molecule has 0 unspecified atom stereocenters. The van der Waals surface area contributed by atoms with E-state index in [1.54, 1.807) is 24.5 Å². The van der Waals surface area contributed by atoms with Gasteiger partial charge in [-0.25, -0.2) is 4.98 Å². The number of hydrogen-bond donors (Lipinski definition) is 2. The number of allylic oxidation sites excluding steroid dienone is 2. The van der Waals surface area contributed by atoms with E-state index in [1.807, 2.05) is 38.3 Å². The molecule has 2 N–H and O–H groups in total. The quantitative estimate of drug-likeness (QED) is 0.335. The number of aromatic amines is 2. The Hall–Kier alpha value is -3.91. The van der Waals surface area contributed by atoms with Gasteiger partial charge in [-0.05, 0) is 43.7 Å². The first-order chi connectivity index (χ1) is 15.5. The Morgan fingerprint density at radius 1 is 1.16 bits per heavy atom. The fourth-order valence-electron chi connectivity index (χ4n) is 3.64. The summed E-state index contributed by atoms with van der Waals surface area (Å²) < 4.78 is 13.7. The molecule has 0 fully saturated rings. The van der Waals surface area contributed by atoms with E-state index in [0.29, 0.717) is 11.5 Å². The maximum atomic E-state index is 13.7. The Morgan fingerprint density at radius 3 is 2.78 bits per heavy atom. The van der Waals surface area contributed by atoms with Crippen molar-refractivity contribution >= 4 is 27.8 Å². The topological polar surface area (TPSA) is 83.1 Å². The van der Waals surface area contributed by atoms with Crippen LogP contribution in [0.25, 0.3) is 39.3 Å². The summed E-state index contributed by atoms with van der Waals surface area (Å²) in [7, 11) is 0. The Labute approximate surface area is 187 Å². The summed E-state index contributed by atoms with van der Waals surface area (Å²) in [6.45, 7) is 7.73. The number of fused-ring (bicyclic) bond motifs is 1. The van der Waals surface area contributed by atoms with Crippen molar-refractivity contribution < 1.29 is 4.39 Å². The number of nitrogens with one attached hydrogen (secondary N) is 2. The molecule has 8 heteroatoms. The summed E-state index contributed by atoms with van der Waals surface area (Å²) >= 11 is 1.08. The lowest BCUT2D eigenvalue weighted by atomic mass is 10.1. The van der Waals surface area contributed by atoms with Gasteiger partial charge in [-0.2, -0.15) is 9.49 Å². The predicted octanol–water partition coefficient (Wildman–Crippen LogP) is 5.85. The minimum Gasteiger partial charge on any atom is -0.340 e. The van der Waals surface area contributed by atoms with Crippen molar-refractivity contribution in [1.29, 1.82) is 0 Å². The van der Waals surface area contributed by atoms with Crippen LogP contribution in [0.15, 0.2) is 61.6 Å². The van der Waals surface area contributed by atoms with Crippen LogP contribution in [0, 0.1) is 19.0 Å². The Morgan fingerprint density at radius 2 is 2.03 bits per heavy atom. The third-order valence-electron chi connectivity index (χ3n) is 5.11. The van der Waals surface area contributed by atoms with Crippen LogP contribution >= 0.6 is 11.3 Å². The molecule has 0 aromatic carbocycles. The zero-order valence-corrected chi connectivity index (χ0v) is 18.3. The largest absolute Gasteiger partial charge is 0.340 e. The monoisotopic (exact) mass is 442 g/mol. The van der Waals surface area contributed by atoms with Gasteiger partial charge in [0.2, 0.25) is 0 Å². The summed E-state index contributed by atoms with van der Waals surface area (Å²) in [5, 5.41) is 8.16. The predicted molar refractivity (Wildman–Crippen MR) is 126 cm³/mol.